The van der Waals surface area contributed by atoms with Crippen molar-refractivity contribution in [1.29, 1.82) is 0 Å². The number of hydrogen-bond donors (Lipinski definition) is 0. The number of carbonyl (C=O) groups excluding carboxylic acids is 2. The minimum atomic E-state index is -2.63. The van der Waals surface area contributed by atoms with Gasteiger partial charge in [0.15, 0.2) is 0 Å². The van der Waals surface area contributed by atoms with Gasteiger partial charge in [-0.3, -0.25) is 0 Å². The first kappa shape index (κ1) is 71.7. The maximum atomic E-state index is 10.1. The average Bonchev–Trinajstić information content (AvgIpc) is 3.27. The van der Waals surface area contributed by atoms with Gasteiger partial charge in [0.25, 0.3) is 0 Å². The van der Waals surface area contributed by atoms with E-state index in [4.69, 9.17) is 17.8 Å². The molecule has 0 fully saturated rings. The number of hydrogen-bond acceptors (Lipinski definition) is 4. The average molecular weight is 1160 g/mol. The maximum absolute atomic E-state index is 10.1. The second kappa shape index (κ2) is 66.2. The third-order valence-electron chi connectivity index (χ3n) is 12.2. The van der Waals surface area contributed by atoms with Gasteiger partial charge in [-0.2, -0.15) is 0 Å². The third kappa shape index (κ3) is 80.2. The Morgan fingerprint density at radius 2 is 0.500 bits per heavy atom. The monoisotopic (exact) mass is 1160 g/mol. The van der Waals surface area contributed by atoms with Crippen molar-refractivity contribution < 1.29 is 19.8 Å². The molecule has 0 aliphatic heterocycles. The molecule has 0 aromatic heterocycles. The quantitative estimate of drug-likeness (QED) is 0.0449. The van der Waals surface area contributed by atoms with E-state index in [0.29, 0.717) is 0 Å². The summed E-state index contributed by atoms with van der Waals surface area (Å²) >= 11 is -2.56. The SMILES string of the molecule is CCCCCCCCCCCC(=O)[O-].CCCCCCCCCCCC(=O)[O-].CCCCCCC[CH2][Sn+2][CH2]CCCCCCC.CCCCCCC[CH2][Sn]([Cl])([Cl])[CH2]CCCCCCC. The van der Waals surface area contributed by atoms with Crippen LogP contribution in [-0.4, -0.2) is 49.2 Å². The number of rotatable bonds is 48. The van der Waals surface area contributed by atoms with Gasteiger partial charge in [0, 0.05) is 11.9 Å². The van der Waals surface area contributed by atoms with E-state index in [1.165, 1.54) is 240 Å². The Hall–Kier alpha value is 1.12. The fraction of sp³-hybridized carbons (Fsp3) is 0.964. The first-order valence-electron chi connectivity index (χ1n) is 28.6. The molecule has 0 aromatic rings. The normalized spacial score (nSPS) is 10.9. The zero-order chi connectivity index (χ0) is 48.3. The summed E-state index contributed by atoms with van der Waals surface area (Å²) in [6.45, 7) is 13.6. The molecule has 0 bridgehead atoms. The fourth-order valence-corrected chi connectivity index (χ4v) is 20.0. The van der Waals surface area contributed by atoms with Gasteiger partial charge in [0.1, 0.15) is 0 Å². The molecule has 0 unspecified atom stereocenters. The molecule has 0 spiro atoms. The number of unbranched alkanes of at least 4 members (excludes halogenated alkanes) is 36. The van der Waals surface area contributed by atoms with Crippen LogP contribution in [0.5, 0.6) is 0 Å². The number of carboxylic acids is 2. The molecule has 0 heterocycles. The second-order valence-electron chi connectivity index (χ2n) is 19.1. The molecule has 4 nitrogen and oxygen atoms in total. The third-order valence-corrected chi connectivity index (χ3v) is 27.5. The Morgan fingerprint density at radius 1 is 0.312 bits per heavy atom. The molecule has 0 aliphatic rings. The second-order valence-corrected chi connectivity index (χ2v) is 42.1. The zero-order valence-corrected chi connectivity index (χ0v) is 51.6. The van der Waals surface area contributed by atoms with Gasteiger partial charge in [-0.1, -0.05) is 117 Å². The summed E-state index contributed by atoms with van der Waals surface area (Å²) in [6, 6.07) is 0. The summed E-state index contributed by atoms with van der Waals surface area (Å²) in [6.07, 6.45) is 56.3. The van der Waals surface area contributed by atoms with Crippen LogP contribution in [0.1, 0.15) is 324 Å². The van der Waals surface area contributed by atoms with Crippen molar-refractivity contribution in [3.8, 4) is 0 Å². The minimum absolute atomic E-state index is 0.0736. The molecule has 0 atom stereocenters. The molecular weight excluding hydrogens is 1040 g/mol. The first-order valence-corrected chi connectivity index (χ1v) is 43.9. The molecule has 0 amide bonds. The summed E-state index contributed by atoms with van der Waals surface area (Å²) in [5.41, 5.74) is 0. The van der Waals surface area contributed by atoms with E-state index in [1.54, 1.807) is 21.7 Å². The van der Waals surface area contributed by atoms with Crippen molar-refractivity contribution in [3.63, 3.8) is 0 Å². The number of halogens is 2. The van der Waals surface area contributed by atoms with E-state index in [0.717, 1.165) is 25.7 Å². The molecule has 0 N–H and O–H groups in total. The topological polar surface area (TPSA) is 80.3 Å². The molecule has 384 valence electrons. The van der Waals surface area contributed by atoms with Crippen molar-refractivity contribution in [2.24, 2.45) is 0 Å². The summed E-state index contributed by atoms with van der Waals surface area (Å²) in [7, 11) is 13.2. The van der Waals surface area contributed by atoms with Crippen LogP contribution in [0, 0.1) is 0 Å². The fourth-order valence-electron chi connectivity index (χ4n) is 7.80. The van der Waals surface area contributed by atoms with Crippen molar-refractivity contribution in [1.82, 2.24) is 0 Å². The van der Waals surface area contributed by atoms with Gasteiger partial charge in [-0.25, -0.2) is 0 Å². The Kier molecular flexibility index (Phi) is 74.1. The van der Waals surface area contributed by atoms with Gasteiger partial charge in [0.2, 0.25) is 0 Å². The first-order chi connectivity index (χ1) is 31.1. The van der Waals surface area contributed by atoms with E-state index in [1.807, 2.05) is 0 Å². The van der Waals surface area contributed by atoms with Crippen molar-refractivity contribution in [3.05, 3.63) is 0 Å². The molecule has 64 heavy (non-hydrogen) atoms. The van der Waals surface area contributed by atoms with E-state index >= 15 is 0 Å². The molecule has 0 saturated carbocycles. The van der Waals surface area contributed by atoms with Crippen LogP contribution in [0.15, 0.2) is 0 Å². The predicted molar refractivity (Wildman–Crippen MR) is 290 cm³/mol. The van der Waals surface area contributed by atoms with Crippen molar-refractivity contribution >= 4 is 67.0 Å². The molecule has 8 heteroatoms. The standard InChI is InChI=1S/2C12H24O2.4C8H17.2ClH.2Sn/c2*1-2-3-4-5-6-7-8-9-10-11-12(13)14;4*1-3-5-7-8-6-4-2;;;;/h2*2-11H2,1H3,(H,13,14);4*1,3-8H2,2H3;2*1H;;/q;;;;;;;;2*+2/p-4. The molecule has 0 aliphatic carbocycles. The summed E-state index contributed by atoms with van der Waals surface area (Å²) in [5.74, 6) is -1.82. The Morgan fingerprint density at radius 3 is 0.719 bits per heavy atom. The summed E-state index contributed by atoms with van der Waals surface area (Å²) in [5, 5.41) is 20.2. The van der Waals surface area contributed by atoms with Crippen LogP contribution in [0.3, 0.4) is 0 Å². The van der Waals surface area contributed by atoms with E-state index in [-0.39, 0.29) is 34.0 Å². The Labute approximate surface area is 425 Å². The van der Waals surface area contributed by atoms with E-state index < -0.39 is 28.1 Å². The van der Waals surface area contributed by atoms with Gasteiger partial charge >= 0.3 is 255 Å². The van der Waals surface area contributed by atoms with Crippen molar-refractivity contribution in [2.75, 3.05) is 0 Å². The molecule has 0 saturated heterocycles. The van der Waals surface area contributed by atoms with E-state index in [9.17, 15) is 19.8 Å². The van der Waals surface area contributed by atoms with Crippen LogP contribution in [0.2, 0.25) is 17.7 Å². The van der Waals surface area contributed by atoms with Gasteiger partial charge in [-0.05, 0) is 25.7 Å². The van der Waals surface area contributed by atoms with Gasteiger partial charge in [-0.15, -0.1) is 0 Å². The van der Waals surface area contributed by atoms with Crippen molar-refractivity contribution in [2.45, 2.75) is 342 Å². The number of carbonyl (C=O) groups is 2. The summed E-state index contributed by atoms with van der Waals surface area (Å²) in [4.78, 5) is 20.2. The van der Waals surface area contributed by atoms with Crippen LogP contribution >= 0.6 is 17.8 Å². The predicted octanol–water partition coefficient (Wildman–Crippen LogP) is 19.2. The van der Waals surface area contributed by atoms with Gasteiger partial charge in [0.05, 0.1) is 0 Å². The van der Waals surface area contributed by atoms with Gasteiger partial charge < -0.3 is 19.8 Å². The Bertz CT molecular complexity index is 784. The van der Waals surface area contributed by atoms with Crippen LogP contribution in [-0.2, 0) is 9.59 Å². The van der Waals surface area contributed by atoms with Crippen LogP contribution in [0.25, 0.3) is 0 Å². The number of carboxylic acid groups (broad SMARTS) is 2. The van der Waals surface area contributed by atoms with Crippen LogP contribution < -0.4 is 10.2 Å². The molecule has 0 rings (SSSR count). The molecule has 0 aromatic carbocycles. The summed E-state index contributed by atoms with van der Waals surface area (Å²) < 4.78 is 5.67. The Balaban J connectivity index is -0.000000378. The molecular formula is C56H114Cl2O4Sn2. The van der Waals surface area contributed by atoms with E-state index in [2.05, 4.69) is 41.5 Å². The molecule has 0 radical (unpaired) electrons. The zero-order valence-electron chi connectivity index (χ0n) is 44.3. The van der Waals surface area contributed by atoms with Crippen LogP contribution in [0.4, 0.5) is 0 Å². The number of aliphatic carboxylic acids is 2.